The smallest absolute Gasteiger partial charge is 0.122 e. The van der Waals surface area contributed by atoms with Crippen molar-refractivity contribution in [3.05, 3.63) is 0 Å². The monoisotopic (exact) mass is 356 g/mol. The predicted molar refractivity (Wildman–Crippen MR) is 113 cm³/mol. The number of hydrogen-bond acceptors (Lipinski definition) is 1. The van der Waals surface area contributed by atoms with Crippen LogP contribution >= 0.6 is 0 Å². The van der Waals surface area contributed by atoms with E-state index in [0.717, 1.165) is 0 Å². The molecule has 0 amide bonds. The lowest BCUT2D eigenvalue weighted by atomic mass is 10.1. The summed E-state index contributed by atoms with van der Waals surface area (Å²) < 4.78 is 2.88. The molecule has 0 aliphatic heterocycles. The van der Waals surface area contributed by atoms with Crippen LogP contribution in [0, 0.1) is 0 Å². The van der Waals surface area contributed by atoms with Crippen molar-refractivity contribution in [3.8, 4) is 0 Å². The summed E-state index contributed by atoms with van der Waals surface area (Å²) in [6.07, 6.45) is 17.4. The van der Waals surface area contributed by atoms with Gasteiger partial charge in [-0.05, 0) is 19.1 Å². The Hall–Kier alpha value is 0.394. The molecule has 139 valence electrons. The van der Waals surface area contributed by atoms with Crippen LogP contribution in [0.25, 0.3) is 0 Å². The fourth-order valence-electron chi connectivity index (χ4n) is 3.57. The van der Waals surface area contributed by atoms with Gasteiger partial charge in [0.05, 0.1) is 0 Å². The summed E-state index contributed by atoms with van der Waals surface area (Å²) >= 11 is 0. The molecule has 0 aromatic heterocycles. The Morgan fingerprint density at radius 1 is 0.652 bits per heavy atom. The molecule has 0 saturated heterocycles. The van der Waals surface area contributed by atoms with Crippen LogP contribution in [-0.2, 0) is 0 Å². The highest BCUT2D eigenvalue weighted by Gasteiger charge is 2.32. The third-order valence-corrected chi connectivity index (χ3v) is 14.4. The average molecular weight is 357 g/mol. The first kappa shape index (κ1) is 23.4. The molecule has 0 saturated carbocycles. The molecule has 0 fully saturated rings. The number of unbranched alkanes of at least 4 members (excludes halogenated alkanes) is 10. The maximum atomic E-state index is 2.88. The van der Waals surface area contributed by atoms with Gasteiger partial charge in [-0.2, -0.15) is 0 Å². The summed E-state index contributed by atoms with van der Waals surface area (Å²) in [5, 5.41) is 0. The van der Waals surface area contributed by atoms with E-state index in [2.05, 4.69) is 44.8 Å². The molecular weight excluding hydrogens is 310 g/mol. The van der Waals surface area contributed by atoms with Crippen LogP contribution in [0.1, 0.15) is 90.9 Å². The molecule has 0 unspecified atom stereocenters. The standard InChI is InChI=1S/C20H46NSi2/c1-7-9-11-13-15-17-19-23(6,21(3)22(4)5)20-18-16-14-12-10-8-2/h7-20H2,1-6H3. The van der Waals surface area contributed by atoms with Crippen molar-refractivity contribution >= 4 is 17.2 Å². The SMILES string of the molecule is CCCCCCCC[Si](C)(CCCCCCCC)N(C)[Si](C)C. The van der Waals surface area contributed by atoms with E-state index in [9.17, 15) is 0 Å². The van der Waals surface area contributed by atoms with Crippen molar-refractivity contribution < 1.29 is 0 Å². The summed E-state index contributed by atoms with van der Waals surface area (Å²) in [5.41, 5.74) is 0. The van der Waals surface area contributed by atoms with Gasteiger partial charge in [0.25, 0.3) is 0 Å². The van der Waals surface area contributed by atoms with Gasteiger partial charge < -0.3 is 4.23 Å². The van der Waals surface area contributed by atoms with Gasteiger partial charge in [-0.15, -0.1) is 0 Å². The molecule has 0 N–H and O–H groups in total. The molecule has 3 heteroatoms. The van der Waals surface area contributed by atoms with E-state index in [1.165, 1.54) is 77.0 Å². The molecule has 0 aliphatic rings. The minimum atomic E-state index is -1.17. The second kappa shape index (κ2) is 14.7. The highest BCUT2D eigenvalue weighted by atomic mass is 28.4. The lowest BCUT2D eigenvalue weighted by Gasteiger charge is -2.40. The number of rotatable bonds is 16. The van der Waals surface area contributed by atoms with E-state index in [4.69, 9.17) is 0 Å². The van der Waals surface area contributed by atoms with Crippen LogP contribution in [0.3, 0.4) is 0 Å². The molecule has 0 aromatic carbocycles. The molecular formula is C20H46NSi2. The first-order chi connectivity index (χ1) is 11.0. The molecule has 0 aromatic rings. The van der Waals surface area contributed by atoms with Crippen LogP contribution in [-0.4, -0.2) is 28.5 Å². The second-order valence-corrected chi connectivity index (χ2v) is 15.7. The Morgan fingerprint density at radius 3 is 1.35 bits per heavy atom. The predicted octanol–water partition coefficient (Wildman–Crippen LogP) is 7.47. The highest BCUT2D eigenvalue weighted by Crippen LogP contribution is 2.27. The van der Waals surface area contributed by atoms with E-state index >= 15 is 0 Å². The average Bonchev–Trinajstić information content (AvgIpc) is 2.53. The Kier molecular flexibility index (Phi) is 15.0. The summed E-state index contributed by atoms with van der Waals surface area (Å²) in [6, 6.07) is 3.08. The zero-order valence-electron chi connectivity index (χ0n) is 17.3. The largest absolute Gasteiger partial charge is 0.349 e. The van der Waals surface area contributed by atoms with Crippen molar-refractivity contribution in [1.29, 1.82) is 0 Å². The first-order valence-corrected chi connectivity index (χ1v) is 15.8. The lowest BCUT2D eigenvalue weighted by molar-refractivity contribution is 0.602. The minimum absolute atomic E-state index is 0.275. The quantitative estimate of drug-likeness (QED) is 0.205. The van der Waals surface area contributed by atoms with E-state index in [1.54, 1.807) is 12.1 Å². The zero-order valence-corrected chi connectivity index (χ0v) is 19.3. The van der Waals surface area contributed by atoms with E-state index < -0.39 is 8.24 Å². The normalized spacial score (nSPS) is 12.5. The summed E-state index contributed by atoms with van der Waals surface area (Å²) in [5.74, 6) is 0. The van der Waals surface area contributed by atoms with Gasteiger partial charge >= 0.3 is 0 Å². The van der Waals surface area contributed by atoms with Crippen molar-refractivity contribution in [2.45, 2.75) is 123 Å². The van der Waals surface area contributed by atoms with Gasteiger partial charge in [0.15, 0.2) is 0 Å². The molecule has 0 bridgehead atoms. The molecule has 0 rings (SSSR count). The highest BCUT2D eigenvalue weighted by molar-refractivity contribution is 6.84. The van der Waals surface area contributed by atoms with Crippen molar-refractivity contribution in [3.63, 3.8) is 0 Å². The number of hydrogen-bond donors (Lipinski definition) is 0. The van der Waals surface area contributed by atoms with Gasteiger partial charge in [0.2, 0.25) is 0 Å². The Labute approximate surface area is 151 Å². The third kappa shape index (κ3) is 11.6. The van der Waals surface area contributed by atoms with Gasteiger partial charge in [0.1, 0.15) is 17.2 Å². The molecule has 23 heavy (non-hydrogen) atoms. The van der Waals surface area contributed by atoms with Crippen LogP contribution in [0.15, 0.2) is 0 Å². The van der Waals surface area contributed by atoms with Crippen LogP contribution in [0.5, 0.6) is 0 Å². The molecule has 1 nitrogen and oxygen atoms in total. The molecule has 1 radical (unpaired) electrons. The summed E-state index contributed by atoms with van der Waals surface area (Å²) in [4.78, 5) is 0. The maximum Gasteiger partial charge on any atom is 0.122 e. The van der Waals surface area contributed by atoms with Crippen LogP contribution in [0.2, 0.25) is 31.7 Å². The fraction of sp³-hybridized carbons (Fsp3) is 1.00. The Morgan fingerprint density at radius 2 is 1.00 bits per heavy atom. The second-order valence-electron chi connectivity index (χ2n) is 8.04. The lowest BCUT2D eigenvalue weighted by Crippen LogP contribution is -2.53. The molecule has 0 spiro atoms. The first-order valence-electron chi connectivity index (χ1n) is 10.5. The van der Waals surface area contributed by atoms with E-state index in [0.29, 0.717) is 0 Å². The summed E-state index contributed by atoms with van der Waals surface area (Å²) in [6.45, 7) is 12.3. The van der Waals surface area contributed by atoms with Gasteiger partial charge in [-0.3, -0.25) is 0 Å². The molecule has 0 aliphatic carbocycles. The van der Waals surface area contributed by atoms with Gasteiger partial charge in [-0.25, -0.2) is 0 Å². The Bertz CT molecular complexity index is 240. The van der Waals surface area contributed by atoms with Crippen molar-refractivity contribution in [2.24, 2.45) is 0 Å². The summed E-state index contributed by atoms with van der Waals surface area (Å²) in [7, 11) is 1.00. The van der Waals surface area contributed by atoms with Gasteiger partial charge in [0, 0.05) is 0 Å². The van der Waals surface area contributed by atoms with Crippen LogP contribution < -0.4 is 0 Å². The topological polar surface area (TPSA) is 3.24 Å². The number of nitrogens with zero attached hydrogens (tertiary/aromatic N) is 1. The zero-order chi connectivity index (χ0) is 17.6. The molecule has 0 atom stereocenters. The van der Waals surface area contributed by atoms with Crippen molar-refractivity contribution in [1.82, 2.24) is 4.23 Å². The van der Waals surface area contributed by atoms with Crippen LogP contribution in [0.4, 0.5) is 0 Å². The van der Waals surface area contributed by atoms with E-state index in [-0.39, 0.29) is 8.96 Å². The third-order valence-electron chi connectivity index (χ3n) is 5.62. The van der Waals surface area contributed by atoms with Crippen molar-refractivity contribution in [2.75, 3.05) is 7.05 Å². The Balaban J connectivity index is 4.14. The van der Waals surface area contributed by atoms with E-state index in [1.807, 2.05) is 0 Å². The fourth-order valence-corrected chi connectivity index (χ4v) is 11.5. The molecule has 0 heterocycles. The minimum Gasteiger partial charge on any atom is -0.349 e. The maximum absolute atomic E-state index is 2.88. The van der Waals surface area contributed by atoms with Gasteiger partial charge in [-0.1, -0.05) is 111 Å².